The third-order valence-corrected chi connectivity index (χ3v) is 7.22. The molecule has 1 atom stereocenters. The molecule has 2 heterocycles. The van der Waals surface area contributed by atoms with Gasteiger partial charge in [-0.05, 0) is 72.0 Å². The Kier molecular flexibility index (Phi) is 5.91. The molecule has 1 aliphatic heterocycles. The summed E-state index contributed by atoms with van der Waals surface area (Å²) in [6.07, 6.45) is 4.68. The molecular formula is C25H31FN6. The molecule has 7 heteroatoms. The minimum Gasteiger partial charge on any atom is -0.369 e. The Morgan fingerprint density at radius 1 is 0.938 bits per heavy atom. The number of halogens is 1. The highest BCUT2D eigenvalue weighted by Gasteiger charge is 2.33. The molecule has 6 nitrogen and oxygen atoms in total. The number of rotatable bonds is 5. The van der Waals surface area contributed by atoms with Gasteiger partial charge in [-0.1, -0.05) is 37.1 Å². The van der Waals surface area contributed by atoms with Gasteiger partial charge in [-0.15, -0.1) is 5.10 Å². The maximum atomic E-state index is 13.7. The molecule has 0 spiro atoms. The molecule has 2 fully saturated rings. The smallest absolute Gasteiger partial charge is 0.173 e. The van der Waals surface area contributed by atoms with Crippen molar-refractivity contribution < 1.29 is 4.39 Å². The first-order valence-electron chi connectivity index (χ1n) is 11.7. The fraction of sp³-hybridized carbons (Fsp3) is 0.480. The molecule has 5 rings (SSSR count). The Balaban J connectivity index is 1.43. The van der Waals surface area contributed by atoms with Crippen molar-refractivity contribution in [2.45, 2.75) is 51.6 Å². The van der Waals surface area contributed by atoms with E-state index in [1.165, 1.54) is 29.7 Å². The van der Waals surface area contributed by atoms with E-state index in [4.69, 9.17) is 0 Å². The second-order valence-corrected chi connectivity index (χ2v) is 9.12. The minimum atomic E-state index is -0.220. The molecule has 1 aliphatic carbocycles. The van der Waals surface area contributed by atoms with Crippen LogP contribution in [0.2, 0.25) is 0 Å². The second-order valence-electron chi connectivity index (χ2n) is 9.12. The zero-order valence-corrected chi connectivity index (χ0v) is 18.9. The van der Waals surface area contributed by atoms with Crippen LogP contribution < -0.4 is 4.90 Å². The topological polar surface area (TPSA) is 50.1 Å². The summed E-state index contributed by atoms with van der Waals surface area (Å²) in [5.41, 5.74) is 5.03. The molecular weight excluding hydrogens is 403 g/mol. The van der Waals surface area contributed by atoms with Crippen LogP contribution in [0.1, 0.15) is 60.3 Å². The van der Waals surface area contributed by atoms with E-state index in [-0.39, 0.29) is 11.9 Å². The number of anilines is 1. The van der Waals surface area contributed by atoms with Crippen molar-refractivity contribution in [1.82, 2.24) is 25.1 Å². The number of benzene rings is 2. The fourth-order valence-corrected chi connectivity index (χ4v) is 5.26. The van der Waals surface area contributed by atoms with Crippen LogP contribution in [0, 0.1) is 19.7 Å². The van der Waals surface area contributed by atoms with E-state index in [1.54, 1.807) is 12.1 Å². The van der Waals surface area contributed by atoms with E-state index in [9.17, 15) is 4.39 Å². The Labute approximate surface area is 189 Å². The van der Waals surface area contributed by atoms with Crippen LogP contribution in [-0.4, -0.2) is 51.3 Å². The Morgan fingerprint density at radius 2 is 1.66 bits per heavy atom. The zero-order chi connectivity index (χ0) is 22.1. The number of aryl methyl sites for hydroxylation is 1. The van der Waals surface area contributed by atoms with Gasteiger partial charge in [0, 0.05) is 31.9 Å². The molecule has 1 saturated heterocycles. The molecule has 1 unspecified atom stereocenters. The number of piperazine rings is 1. The van der Waals surface area contributed by atoms with Gasteiger partial charge in [-0.3, -0.25) is 4.90 Å². The van der Waals surface area contributed by atoms with Gasteiger partial charge in [0.2, 0.25) is 0 Å². The predicted octanol–water partition coefficient (Wildman–Crippen LogP) is 4.46. The fourth-order valence-electron chi connectivity index (χ4n) is 5.26. The van der Waals surface area contributed by atoms with Crippen LogP contribution in [0.4, 0.5) is 10.1 Å². The highest BCUT2D eigenvalue weighted by atomic mass is 19.1. The number of aromatic nitrogens is 4. The molecule has 2 aliphatic rings. The third-order valence-electron chi connectivity index (χ3n) is 7.22. The molecule has 0 amide bonds. The van der Waals surface area contributed by atoms with Crippen LogP contribution in [0.5, 0.6) is 0 Å². The van der Waals surface area contributed by atoms with Gasteiger partial charge in [0.1, 0.15) is 5.82 Å². The maximum absolute atomic E-state index is 13.7. The van der Waals surface area contributed by atoms with Gasteiger partial charge >= 0.3 is 0 Å². The molecule has 0 N–H and O–H groups in total. The van der Waals surface area contributed by atoms with Gasteiger partial charge in [-0.25, -0.2) is 9.07 Å². The number of hydrogen-bond donors (Lipinski definition) is 0. The second kappa shape index (κ2) is 8.98. The lowest BCUT2D eigenvalue weighted by Gasteiger charge is -2.40. The maximum Gasteiger partial charge on any atom is 0.173 e. The van der Waals surface area contributed by atoms with E-state index in [1.807, 2.05) is 16.8 Å². The first-order chi connectivity index (χ1) is 15.6. The van der Waals surface area contributed by atoms with Crippen molar-refractivity contribution in [3.8, 4) is 0 Å². The quantitative estimate of drug-likeness (QED) is 0.594. The molecule has 3 aromatic rings. The Bertz CT molecular complexity index is 1050. The van der Waals surface area contributed by atoms with Crippen molar-refractivity contribution in [3.63, 3.8) is 0 Å². The molecule has 1 aromatic heterocycles. The highest BCUT2D eigenvalue weighted by Crippen LogP contribution is 2.35. The summed E-state index contributed by atoms with van der Waals surface area (Å²) >= 11 is 0. The summed E-state index contributed by atoms with van der Waals surface area (Å²) in [6.45, 7) is 8.04. The van der Waals surface area contributed by atoms with Gasteiger partial charge in [0.05, 0.1) is 12.1 Å². The van der Waals surface area contributed by atoms with Crippen molar-refractivity contribution in [1.29, 1.82) is 0 Å². The van der Waals surface area contributed by atoms with Crippen molar-refractivity contribution in [3.05, 3.63) is 70.8 Å². The molecule has 0 radical (unpaired) electrons. The molecule has 0 bridgehead atoms. The van der Waals surface area contributed by atoms with E-state index >= 15 is 0 Å². The van der Waals surface area contributed by atoms with Crippen LogP contribution in [0.15, 0.2) is 42.5 Å². The molecule has 32 heavy (non-hydrogen) atoms. The van der Waals surface area contributed by atoms with Crippen molar-refractivity contribution >= 4 is 5.69 Å². The summed E-state index contributed by atoms with van der Waals surface area (Å²) in [5.74, 6) is 0.659. The standard InChI is InChI=1S/C25H31FN6/c1-18-6-5-9-23(19(18)2)30-14-16-31(17-15-30)24(20-10-12-21(26)13-11-20)25-27-28-29-32(25)22-7-3-4-8-22/h5-6,9-13,22,24H,3-4,7-8,14-17H2,1-2H3. The van der Waals surface area contributed by atoms with Crippen molar-refractivity contribution in [2.75, 3.05) is 31.1 Å². The normalized spacial score (nSPS) is 18.9. The predicted molar refractivity (Wildman–Crippen MR) is 123 cm³/mol. The summed E-state index contributed by atoms with van der Waals surface area (Å²) in [4.78, 5) is 4.92. The summed E-state index contributed by atoms with van der Waals surface area (Å²) < 4.78 is 15.7. The van der Waals surface area contributed by atoms with Gasteiger partial charge in [0.15, 0.2) is 5.82 Å². The first kappa shape index (κ1) is 21.1. The zero-order valence-electron chi connectivity index (χ0n) is 18.9. The summed E-state index contributed by atoms with van der Waals surface area (Å²) in [5, 5.41) is 12.9. The average Bonchev–Trinajstić information content (AvgIpc) is 3.50. The Hall–Kier alpha value is -2.80. The van der Waals surface area contributed by atoms with Crippen LogP contribution in [0.3, 0.4) is 0 Å². The average molecular weight is 435 g/mol. The largest absolute Gasteiger partial charge is 0.369 e. The number of hydrogen-bond acceptors (Lipinski definition) is 5. The Morgan fingerprint density at radius 3 is 2.38 bits per heavy atom. The minimum absolute atomic E-state index is 0.0769. The molecule has 2 aromatic carbocycles. The van der Waals surface area contributed by atoms with Gasteiger partial charge in [0.25, 0.3) is 0 Å². The van der Waals surface area contributed by atoms with Crippen molar-refractivity contribution in [2.24, 2.45) is 0 Å². The van der Waals surface area contributed by atoms with Crippen LogP contribution in [0.25, 0.3) is 0 Å². The third kappa shape index (κ3) is 4.01. The lowest BCUT2D eigenvalue weighted by atomic mass is 10.0. The van der Waals surface area contributed by atoms with E-state index in [0.29, 0.717) is 6.04 Å². The van der Waals surface area contributed by atoms with Gasteiger partial charge < -0.3 is 4.90 Å². The summed E-state index contributed by atoms with van der Waals surface area (Å²) in [7, 11) is 0. The number of tetrazole rings is 1. The van der Waals surface area contributed by atoms with Gasteiger partial charge in [-0.2, -0.15) is 0 Å². The molecule has 1 saturated carbocycles. The van der Waals surface area contributed by atoms with E-state index < -0.39 is 0 Å². The SMILES string of the molecule is Cc1cccc(N2CCN(C(c3ccc(F)cc3)c3nnnn3C3CCCC3)CC2)c1C. The van der Waals surface area contributed by atoms with E-state index in [0.717, 1.165) is 50.4 Å². The lowest BCUT2D eigenvalue weighted by molar-refractivity contribution is 0.197. The highest BCUT2D eigenvalue weighted by molar-refractivity contribution is 5.56. The van der Waals surface area contributed by atoms with E-state index in [2.05, 4.69) is 57.4 Å². The monoisotopic (exact) mass is 434 g/mol. The number of nitrogens with zero attached hydrogens (tertiary/aromatic N) is 6. The lowest BCUT2D eigenvalue weighted by Crippen LogP contribution is -2.48. The summed E-state index contributed by atoms with van der Waals surface area (Å²) in [6, 6.07) is 13.7. The van der Waals surface area contributed by atoms with Crippen LogP contribution in [-0.2, 0) is 0 Å². The van der Waals surface area contributed by atoms with Crippen LogP contribution >= 0.6 is 0 Å². The first-order valence-corrected chi connectivity index (χ1v) is 11.7. The molecule has 168 valence electrons.